The van der Waals surface area contributed by atoms with Crippen LogP contribution in [0.25, 0.3) is 77.7 Å². The van der Waals surface area contributed by atoms with Gasteiger partial charge in [-0.25, -0.2) is 14.4 Å². The molecule has 0 saturated heterocycles. The van der Waals surface area contributed by atoms with E-state index in [1.54, 1.807) is 6.07 Å². The third-order valence-electron chi connectivity index (χ3n) is 7.73. The van der Waals surface area contributed by atoms with Crippen molar-refractivity contribution in [2.45, 2.75) is 0 Å². The van der Waals surface area contributed by atoms with Crippen molar-refractivity contribution >= 4 is 32.7 Å². The van der Waals surface area contributed by atoms with Crippen molar-refractivity contribution in [1.29, 1.82) is 0 Å². The number of hydrogen-bond acceptors (Lipinski definition) is 3. The van der Waals surface area contributed by atoms with Crippen molar-refractivity contribution in [3.05, 3.63) is 145 Å². The van der Waals surface area contributed by atoms with Crippen LogP contribution in [-0.4, -0.2) is 9.97 Å². The second-order valence-electron chi connectivity index (χ2n) is 10.4. The third-order valence-corrected chi connectivity index (χ3v) is 7.73. The summed E-state index contributed by atoms with van der Waals surface area (Å²) in [6.07, 6.45) is 0. The zero-order chi connectivity index (χ0) is 28.0. The summed E-state index contributed by atoms with van der Waals surface area (Å²) < 4.78 is 20.4. The van der Waals surface area contributed by atoms with E-state index in [1.807, 2.05) is 72.8 Å². The number of aromatic nitrogens is 2. The Morgan fingerprint density at radius 1 is 0.476 bits per heavy atom. The van der Waals surface area contributed by atoms with Crippen LogP contribution >= 0.6 is 0 Å². The lowest BCUT2D eigenvalue weighted by molar-refractivity contribution is 0.628. The minimum atomic E-state index is -0.299. The molecule has 0 atom stereocenters. The number of nitrogens with zero attached hydrogens (tertiary/aromatic N) is 2. The first-order valence-electron chi connectivity index (χ1n) is 13.8. The zero-order valence-corrected chi connectivity index (χ0v) is 22.5. The van der Waals surface area contributed by atoms with Crippen molar-refractivity contribution in [2.24, 2.45) is 0 Å². The summed E-state index contributed by atoms with van der Waals surface area (Å²) in [5.41, 5.74) is 7.93. The Morgan fingerprint density at radius 3 is 1.93 bits per heavy atom. The molecule has 2 aromatic heterocycles. The summed E-state index contributed by atoms with van der Waals surface area (Å²) in [5.74, 6) is 0.285. The maximum absolute atomic E-state index is 14.1. The van der Waals surface area contributed by atoms with Gasteiger partial charge < -0.3 is 4.42 Å². The van der Waals surface area contributed by atoms with E-state index in [9.17, 15) is 4.39 Å². The quantitative estimate of drug-likeness (QED) is 0.222. The van der Waals surface area contributed by atoms with Crippen LogP contribution in [0.3, 0.4) is 0 Å². The highest BCUT2D eigenvalue weighted by molar-refractivity contribution is 6.15. The Balaban J connectivity index is 1.25. The van der Waals surface area contributed by atoms with Gasteiger partial charge in [0, 0.05) is 27.5 Å². The molecule has 198 valence electrons. The molecule has 8 aromatic rings. The van der Waals surface area contributed by atoms with Gasteiger partial charge in [0.05, 0.1) is 11.4 Å². The fourth-order valence-corrected chi connectivity index (χ4v) is 5.68. The van der Waals surface area contributed by atoms with E-state index in [-0.39, 0.29) is 5.82 Å². The topological polar surface area (TPSA) is 38.9 Å². The number of fused-ring (bicyclic) bond motifs is 4. The highest BCUT2D eigenvalue weighted by atomic mass is 19.1. The summed E-state index contributed by atoms with van der Waals surface area (Å²) in [7, 11) is 0. The average molecular weight is 543 g/mol. The highest BCUT2D eigenvalue weighted by Crippen LogP contribution is 2.39. The van der Waals surface area contributed by atoms with E-state index in [2.05, 4.69) is 48.5 Å². The minimum Gasteiger partial charge on any atom is -0.456 e. The monoisotopic (exact) mass is 542 g/mol. The van der Waals surface area contributed by atoms with E-state index >= 15 is 0 Å². The fraction of sp³-hybridized carbons (Fsp3) is 0. The van der Waals surface area contributed by atoms with E-state index in [4.69, 9.17) is 14.4 Å². The molecule has 0 saturated carbocycles. The molecule has 8 rings (SSSR count). The van der Waals surface area contributed by atoms with Crippen LogP contribution in [0.2, 0.25) is 0 Å². The van der Waals surface area contributed by atoms with Gasteiger partial charge in [-0.15, -0.1) is 0 Å². The molecule has 0 unspecified atom stereocenters. The number of benzene rings is 6. The molecule has 42 heavy (non-hydrogen) atoms. The van der Waals surface area contributed by atoms with Crippen molar-refractivity contribution in [3.8, 4) is 45.0 Å². The second-order valence-corrected chi connectivity index (χ2v) is 10.4. The molecule has 0 aliphatic carbocycles. The normalized spacial score (nSPS) is 11.5. The number of halogens is 1. The zero-order valence-electron chi connectivity index (χ0n) is 22.5. The molecule has 2 heterocycles. The van der Waals surface area contributed by atoms with Crippen LogP contribution in [0.4, 0.5) is 4.39 Å². The minimum absolute atomic E-state index is 0.299. The Bertz CT molecular complexity index is 2250. The Labute approximate surface area is 241 Å². The van der Waals surface area contributed by atoms with Crippen molar-refractivity contribution in [1.82, 2.24) is 9.97 Å². The maximum atomic E-state index is 14.1. The number of hydrogen-bond donors (Lipinski definition) is 0. The SMILES string of the molecule is Fc1cccc(-c2cc(-c3ccccc3)nc(-c3ccc(-c4cccc5oc6cc7ccccc7cc6c45)cc3)n2)c1. The van der Waals surface area contributed by atoms with Gasteiger partial charge in [-0.2, -0.15) is 0 Å². The average Bonchev–Trinajstić information content (AvgIpc) is 3.41. The smallest absolute Gasteiger partial charge is 0.160 e. The van der Waals surface area contributed by atoms with Crippen LogP contribution in [0.5, 0.6) is 0 Å². The van der Waals surface area contributed by atoms with Gasteiger partial charge in [-0.3, -0.25) is 0 Å². The lowest BCUT2D eigenvalue weighted by Crippen LogP contribution is -1.96. The molecule has 0 radical (unpaired) electrons. The van der Waals surface area contributed by atoms with E-state index in [0.717, 1.165) is 55.3 Å². The summed E-state index contributed by atoms with van der Waals surface area (Å²) in [4.78, 5) is 9.78. The first kappa shape index (κ1) is 24.2. The molecular weight excluding hydrogens is 519 g/mol. The van der Waals surface area contributed by atoms with Crippen LogP contribution < -0.4 is 0 Å². The van der Waals surface area contributed by atoms with Gasteiger partial charge >= 0.3 is 0 Å². The van der Waals surface area contributed by atoms with E-state index in [1.165, 1.54) is 17.5 Å². The van der Waals surface area contributed by atoms with Gasteiger partial charge in [0.25, 0.3) is 0 Å². The van der Waals surface area contributed by atoms with Crippen molar-refractivity contribution in [3.63, 3.8) is 0 Å². The first-order valence-corrected chi connectivity index (χ1v) is 13.8. The molecule has 0 amide bonds. The van der Waals surface area contributed by atoms with E-state index in [0.29, 0.717) is 17.1 Å². The Hall–Kier alpha value is -5.61. The molecule has 4 heteroatoms. The molecule has 6 aromatic carbocycles. The molecular formula is C38H23FN2O. The summed E-state index contributed by atoms with van der Waals surface area (Å²) in [6, 6.07) is 45.6. The number of rotatable bonds is 4. The predicted molar refractivity (Wildman–Crippen MR) is 169 cm³/mol. The molecule has 0 aliphatic rings. The number of furan rings is 1. The molecule has 3 nitrogen and oxygen atoms in total. The predicted octanol–water partition coefficient (Wildman–Crippen LogP) is 10.3. The maximum Gasteiger partial charge on any atom is 0.160 e. The second kappa shape index (κ2) is 9.79. The van der Waals surface area contributed by atoms with Gasteiger partial charge in [-0.05, 0) is 58.3 Å². The van der Waals surface area contributed by atoms with Crippen molar-refractivity contribution in [2.75, 3.05) is 0 Å². The van der Waals surface area contributed by atoms with Gasteiger partial charge in [0.2, 0.25) is 0 Å². The van der Waals surface area contributed by atoms with Gasteiger partial charge in [-0.1, -0.05) is 103 Å². The molecule has 0 N–H and O–H groups in total. The summed E-state index contributed by atoms with van der Waals surface area (Å²) >= 11 is 0. The first-order chi connectivity index (χ1) is 20.7. The van der Waals surface area contributed by atoms with Gasteiger partial charge in [0.1, 0.15) is 17.0 Å². The molecule has 0 aliphatic heterocycles. The molecule has 0 spiro atoms. The lowest BCUT2D eigenvalue weighted by atomic mass is 9.97. The van der Waals surface area contributed by atoms with Crippen molar-refractivity contribution < 1.29 is 8.81 Å². The Kier molecular flexibility index (Phi) is 5.64. The summed E-state index contributed by atoms with van der Waals surface area (Å²) in [5, 5.41) is 4.54. The molecule has 0 bridgehead atoms. The van der Waals surface area contributed by atoms with Crippen LogP contribution in [0.15, 0.2) is 144 Å². The van der Waals surface area contributed by atoms with Crippen LogP contribution in [0, 0.1) is 5.82 Å². The molecule has 0 fully saturated rings. The Morgan fingerprint density at radius 2 is 1.14 bits per heavy atom. The lowest BCUT2D eigenvalue weighted by Gasteiger charge is -2.10. The third kappa shape index (κ3) is 4.21. The summed E-state index contributed by atoms with van der Waals surface area (Å²) in [6.45, 7) is 0. The van der Waals surface area contributed by atoms with Gasteiger partial charge in [0.15, 0.2) is 5.82 Å². The van der Waals surface area contributed by atoms with E-state index < -0.39 is 0 Å². The van der Waals surface area contributed by atoms with Crippen LogP contribution in [0.1, 0.15) is 0 Å². The van der Waals surface area contributed by atoms with Crippen LogP contribution in [-0.2, 0) is 0 Å². The standard InChI is InChI=1S/C38H23FN2O/c39-30-13-6-12-29(20-30)34-23-33(25-8-2-1-3-9-25)40-38(41-34)26-18-16-24(17-19-26)31-14-7-15-35-37(31)32-21-27-10-4-5-11-28(27)22-36(32)42-35/h1-23H. The largest absolute Gasteiger partial charge is 0.456 e. The highest BCUT2D eigenvalue weighted by Gasteiger charge is 2.15. The fourth-order valence-electron chi connectivity index (χ4n) is 5.68.